The highest BCUT2D eigenvalue weighted by Gasteiger charge is 2.26. The van der Waals surface area contributed by atoms with E-state index in [-0.39, 0.29) is 11.8 Å². The minimum atomic E-state index is 0.205. The number of hydrogen-bond donors (Lipinski definition) is 0. The van der Waals surface area contributed by atoms with E-state index in [9.17, 15) is 4.79 Å². The van der Waals surface area contributed by atoms with Gasteiger partial charge in [-0.25, -0.2) is 4.98 Å². The average Bonchev–Trinajstić information content (AvgIpc) is 3.32. The van der Waals surface area contributed by atoms with Crippen molar-refractivity contribution >= 4 is 44.9 Å². The maximum absolute atomic E-state index is 12.8. The molecule has 0 saturated carbocycles. The SMILES string of the molecule is CC1CCCN(C(=O)CSc2nnc3c4c5c(sc4nc(C(C)C)n23)CCCC5)C1. The number of likely N-dealkylation sites (tertiary alicyclic amines) is 1. The van der Waals surface area contributed by atoms with Crippen molar-refractivity contribution in [2.24, 2.45) is 5.92 Å². The van der Waals surface area contributed by atoms with Crippen LogP contribution in [0.1, 0.15) is 68.6 Å². The molecular weight excluding hydrogens is 414 g/mol. The third kappa shape index (κ3) is 3.51. The Kier molecular flexibility index (Phi) is 5.47. The lowest BCUT2D eigenvalue weighted by molar-refractivity contribution is -0.130. The summed E-state index contributed by atoms with van der Waals surface area (Å²) in [5, 5.41) is 11.1. The highest BCUT2D eigenvalue weighted by molar-refractivity contribution is 7.99. The second kappa shape index (κ2) is 8.11. The standard InChI is InChI=1S/C22H29N5OS2/c1-13(2)19-23-21-18(15-8-4-5-9-16(15)30-21)20-24-25-22(27(19)20)29-12-17(28)26-10-6-7-14(3)11-26/h13-14H,4-12H2,1-3H3. The first-order chi connectivity index (χ1) is 14.5. The van der Waals surface area contributed by atoms with Crippen molar-refractivity contribution in [3.05, 3.63) is 16.3 Å². The van der Waals surface area contributed by atoms with Gasteiger partial charge in [0.25, 0.3) is 0 Å². The molecule has 5 rings (SSSR count). The molecule has 3 aromatic heterocycles. The van der Waals surface area contributed by atoms with E-state index in [1.807, 2.05) is 16.2 Å². The third-order valence-corrected chi connectivity index (χ3v) is 8.41. The van der Waals surface area contributed by atoms with Gasteiger partial charge in [0, 0.05) is 23.9 Å². The molecule has 4 heterocycles. The molecular formula is C22H29N5OS2. The Morgan fingerprint density at radius 3 is 2.87 bits per heavy atom. The van der Waals surface area contributed by atoms with Crippen LogP contribution in [0.2, 0.25) is 0 Å². The summed E-state index contributed by atoms with van der Waals surface area (Å²) in [4.78, 5) is 22.4. The van der Waals surface area contributed by atoms with Crippen LogP contribution in [-0.2, 0) is 17.6 Å². The Hall–Kier alpha value is -1.67. The Labute approximate surface area is 185 Å². The summed E-state index contributed by atoms with van der Waals surface area (Å²) in [6.07, 6.45) is 7.07. The first kappa shape index (κ1) is 20.2. The molecule has 30 heavy (non-hydrogen) atoms. The van der Waals surface area contributed by atoms with E-state index in [0.29, 0.717) is 11.7 Å². The second-order valence-electron chi connectivity index (χ2n) is 9.03. The summed E-state index contributed by atoms with van der Waals surface area (Å²) in [5.41, 5.74) is 2.35. The number of nitrogens with zero attached hydrogens (tertiary/aromatic N) is 5. The number of rotatable bonds is 4. The summed E-state index contributed by atoms with van der Waals surface area (Å²) in [7, 11) is 0. The van der Waals surface area contributed by atoms with Gasteiger partial charge in [0.1, 0.15) is 10.7 Å². The van der Waals surface area contributed by atoms with Crippen molar-refractivity contribution in [2.75, 3.05) is 18.8 Å². The molecule has 1 amide bonds. The predicted molar refractivity (Wildman–Crippen MR) is 123 cm³/mol. The van der Waals surface area contributed by atoms with Crippen LogP contribution in [0.5, 0.6) is 0 Å². The number of thiophene rings is 1. The second-order valence-corrected chi connectivity index (χ2v) is 11.1. The van der Waals surface area contributed by atoms with Crippen LogP contribution in [0, 0.1) is 5.92 Å². The molecule has 160 valence electrons. The summed E-state index contributed by atoms with van der Waals surface area (Å²) in [6.45, 7) is 8.31. The van der Waals surface area contributed by atoms with E-state index >= 15 is 0 Å². The molecule has 1 aliphatic carbocycles. The third-order valence-electron chi connectivity index (χ3n) is 6.31. The van der Waals surface area contributed by atoms with Gasteiger partial charge in [-0.05, 0) is 50.0 Å². The minimum Gasteiger partial charge on any atom is -0.342 e. The van der Waals surface area contributed by atoms with Crippen molar-refractivity contribution in [1.29, 1.82) is 0 Å². The number of amides is 1. The van der Waals surface area contributed by atoms with Crippen molar-refractivity contribution in [1.82, 2.24) is 24.5 Å². The lowest BCUT2D eigenvalue weighted by Crippen LogP contribution is -2.40. The monoisotopic (exact) mass is 443 g/mol. The molecule has 1 unspecified atom stereocenters. The molecule has 0 N–H and O–H groups in total. The predicted octanol–water partition coefficient (Wildman–Crippen LogP) is 4.69. The van der Waals surface area contributed by atoms with E-state index in [2.05, 4.69) is 35.4 Å². The van der Waals surface area contributed by atoms with Crippen LogP contribution in [0.3, 0.4) is 0 Å². The number of carbonyl (C=O) groups is 1. The van der Waals surface area contributed by atoms with Gasteiger partial charge in [-0.15, -0.1) is 21.5 Å². The Morgan fingerprint density at radius 1 is 1.23 bits per heavy atom. The van der Waals surface area contributed by atoms with Gasteiger partial charge in [-0.1, -0.05) is 32.5 Å². The zero-order valence-corrected chi connectivity index (χ0v) is 19.6. The van der Waals surface area contributed by atoms with E-state index in [4.69, 9.17) is 4.98 Å². The highest BCUT2D eigenvalue weighted by Crippen LogP contribution is 2.39. The van der Waals surface area contributed by atoms with Gasteiger partial charge in [-0.2, -0.15) is 0 Å². The van der Waals surface area contributed by atoms with Crippen molar-refractivity contribution in [3.63, 3.8) is 0 Å². The van der Waals surface area contributed by atoms with E-state index in [1.165, 1.54) is 46.9 Å². The van der Waals surface area contributed by atoms with Crippen LogP contribution in [-0.4, -0.2) is 49.2 Å². The highest BCUT2D eigenvalue weighted by atomic mass is 32.2. The van der Waals surface area contributed by atoms with Gasteiger partial charge < -0.3 is 4.90 Å². The molecule has 2 aliphatic rings. The van der Waals surface area contributed by atoms with Crippen LogP contribution in [0.4, 0.5) is 0 Å². The normalized spacial score (nSPS) is 19.7. The number of carbonyl (C=O) groups excluding carboxylic acids is 1. The lowest BCUT2D eigenvalue weighted by Gasteiger charge is -2.30. The molecule has 3 aromatic rings. The molecule has 0 spiro atoms. The number of hydrogen-bond acceptors (Lipinski definition) is 6. The summed E-state index contributed by atoms with van der Waals surface area (Å²) in [6, 6.07) is 0. The first-order valence-electron chi connectivity index (χ1n) is 11.1. The number of aromatic nitrogens is 4. The molecule has 1 saturated heterocycles. The Balaban J connectivity index is 1.50. The van der Waals surface area contributed by atoms with Crippen LogP contribution in [0.25, 0.3) is 15.9 Å². The smallest absolute Gasteiger partial charge is 0.233 e. The number of thioether (sulfide) groups is 1. The van der Waals surface area contributed by atoms with Crippen molar-refractivity contribution < 1.29 is 4.79 Å². The maximum atomic E-state index is 12.8. The fourth-order valence-corrected chi connectivity index (χ4v) is 6.87. The van der Waals surface area contributed by atoms with E-state index in [1.54, 1.807) is 0 Å². The zero-order chi connectivity index (χ0) is 20.8. The Morgan fingerprint density at radius 2 is 2.07 bits per heavy atom. The quantitative estimate of drug-likeness (QED) is 0.547. The largest absolute Gasteiger partial charge is 0.342 e. The molecule has 6 nitrogen and oxygen atoms in total. The molecule has 1 atom stereocenters. The maximum Gasteiger partial charge on any atom is 0.233 e. The van der Waals surface area contributed by atoms with Crippen molar-refractivity contribution in [2.45, 2.75) is 70.4 Å². The van der Waals surface area contributed by atoms with E-state index < -0.39 is 0 Å². The summed E-state index contributed by atoms with van der Waals surface area (Å²) < 4.78 is 2.12. The topological polar surface area (TPSA) is 63.4 Å². The van der Waals surface area contributed by atoms with Crippen LogP contribution >= 0.6 is 23.1 Å². The zero-order valence-electron chi connectivity index (χ0n) is 18.0. The number of aryl methyl sites for hydroxylation is 2. The molecule has 0 radical (unpaired) electrons. The summed E-state index contributed by atoms with van der Waals surface area (Å²) in [5.74, 6) is 2.45. The number of piperidine rings is 1. The van der Waals surface area contributed by atoms with Crippen LogP contribution in [0.15, 0.2) is 5.16 Å². The fraction of sp³-hybridized carbons (Fsp3) is 0.636. The minimum absolute atomic E-state index is 0.205. The van der Waals surface area contributed by atoms with Crippen LogP contribution < -0.4 is 0 Å². The summed E-state index contributed by atoms with van der Waals surface area (Å²) >= 11 is 3.33. The fourth-order valence-electron chi connectivity index (χ4n) is 4.77. The van der Waals surface area contributed by atoms with Crippen molar-refractivity contribution in [3.8, 4) is 0 Å². The first-order valence-corrected chi connectivity index (χ1v) is 12.9. The average molecular weight is 444 g/mol. The molecule has 0 aromatic carbocycles. The van der Waals surface area contributed by atoms with Gasteiger partial charge in [0.2, 0.25) is 5.91 Å². The molecule has 1 fully saturated rings. The molecule has 1 aliphatic heterocycles. The van der Waals surface area contributed by atoms with Gasteiger partial charge in [-0.3, -0.25) is 9.20 Å². The van der Waals surface area contributed by atoms with Gasteiger partial charge in [0.05, 0.1) is 11.1 Å². The molecule has 0 bridgehead atoms. The number of fused-ring (bicyclic) bond motifs is 5. The molecule has 8 heteroatoms. The lowest BCUT2D eigenvalue weighted by atomic mass is 9.97. The Bertz CT molecular complexity index is 1100. The van der Waals surface area contributed by atoms with Gasteiger partial charge >= 0.3 is 0 Å². The van der Waals surface area contributed by atoms with Gasteiger partial charge in [0.15, 0.2) is 10.8 Å². The van der Waals surface area contributed by atoms with E-state index in [0.717, 1.165) is 53.8 Å².